The molecule has 2 N–H and O–H groups in total. The first-order valence-corrected chi connectivity index (χ1v) is 11.9. The molecule has 0 amide bonds. The topological polar surface area (TPSA) is 74.6 Å². The molecule has 0 fully saturated rings. The summed E-state index contributed by atoms with van der Waals surface area (Å²) < 4.78 is 1.20. The molecule has 0 radical (unpaired) electrons. The zero-order valence-corrected chi connectivity index (χ0v) is 20.2. The fourth-order valence-electron chi connectivity index (χ4n) is 3.44. The van der Waals surface area contributed by atoms with Gasteiger partial charge in [0, 0.05) is 15.4 Å². The third-order valence-corrected chi connectivity index (χ3v) is 6.83. The van der Waals surface area contributed by atoms with E-state index >= 15 is 0 Å². The molecule has 0 saturated carbocycles. The van der Waals surface area contributed by atoms with Crippen molar-refractivity contribution >= 4 is 23.7 Å². The molecule has 0 bridgehead atoms. The van der Waals surface area contributed by atoms with Crippen LogP contribution in [0.15, 0.2) is 88.7 Å². The van der Waals surface area contributed by atoms with E-state index in [1.165, 1.54) is 72.3 Å². The summed E-state index contributed by atoms with van der Waals surface area (Å²) in [6, 6.07) is 23.8. The predicted octanol–water partition coefficient (Wildman–Crippen LogP) is 6.30. The first kappa shape index (κ1) is 26.2. The summed E-state index contributed by atoms with van der Waals surface area (Å²) in [7, 11) is 0. The molecule has 6 heteroatoms. The molecule has 33 heavy (non-hydrogen) atoms. The van der Waals surface area contributed by atoms with Crippen molar-refractivity contribution in [3.63, 3.8) is 0 Å². The first-order valence-electron chi connectivity index (χ1n) is 11.1. The van der Waals surface area contributed by atoms with E-state index in [-0.39, 0.29) is 11.1 Å². The highest BCUT2D eigenvalue weighted by Gasteiger charge is 2.20. The molecule has 0 heterocycles. The van der Waals surface area contributed by atoms with Gasteiger partial charge in [0.05, 0.1) is 30.8 Å². The Hall–Kier alpha value is -3.09. The standard InChI is InChI=1S/C14H10O4S.C13H22N/c15-13(16)9-1-5-11(6-2-9)19-12-7-3-10(4-8-12)14(17)18;1-4-14(5-2,6-3)12-13-10-8-7-9-11-13/h1-8H,(H,15,16)(H,17,18);7-11H,4-6,12H2,1-3H3/q;+1. The average molecular weight is 467 g/mol. The summed E-state index contributed by atoms with van der Waals surface area (Å²) in [5.74, 6) is -1.91. The van der Waals surface area contributed by atoms with Gasteiger partial charge < -0.3 is 14.7 Å². The Morgan fingerprint density at radius 3 is 1.39 bits per heavy atom. The average Bonchev–Trinajstić information content (AvgIpc) is 2.84. The van der Waals surface area contributed by atoms with Crippen molar-refractivity contribution in [1.82, 2.24) is 0 Å². The molecule has 3 aromatic carbocycles. The van der Waals surface area contributed by atoms with Crippen LogP contribution in [0.2, 0.25) is 0 Å². The number of carboxylic acids is 2. The number of nitrogens with zero attached hydrogens (tertiary/aromatic N) is 1. The molecule has 3 rings (SSSR count). The number of carboxylic acid groups (broad SMARTS) is 2. The van der Waals surface area contributed by atoms with E-state index < -0.39 is 11.9 Å². The van der Waals surface area contributed by atoms with Crippen molar-refractivity contribution in [3.8, 4) is 0 Å². The van der Waals surface area contributed by atoms with Crippen molar-refractivity contribution in [3.05, 3.63) is 95.6 Å². The van der Waals surface area contributed by atoms with Crippen molar-refractivity contribution in [1.29, 1.82) is 0 Å². The van der Waals surface area contributed by atoms with Gasteiger partial charge >= 0.3 is 11.9 Å². The van der Waals surface area contributed by atoms with Crippen molar-refractivity contribution in [2.45, 2.75) is 37.1 Å². The lowest BCUT2D eigenvalue weighted by Crippen LogP contribution is -2.46. The summed E-state index contributed by atoms with van der Waals surface area (Å²) in [5, 5.41) is 17.6. The van der Waals surface area contributed by atoms with E-state index in [0.29, 0.717) is 0 Å². The van der Waals surface area contributed by atoms with Crippen LogP contribution in [0.1, 0.15) is 47.1 Å². The maximum atomic E-state index is 10.7. The maximum Gasteiger partial charge on any atom is 0.335 e. The van der Waals surface area contributed by atoms with Gasteiger partial charge in [0.1, 0.15) is 6.54 Å². The Morgan fingerprint density at radius 1 is 0.667 bits per heavy atom. The largest absolute Gasteiger partial charge is 0.478 e. The van der Waals surface area contributed by atoms with Crippen LogP contribution in [-0.4, -0.2) is 46.3 Å². The molecule has 3 aromatic rings. The van der Waals surface area contributed by atoms with Gasteiger partial charge in [0.15, 0.2) is 0 Å². The summed E-state index contributed by atoms with van der Waals surface area (Å²) in [6.07, 6.45) is 0. The van der Waals surface area contributed by atoms with Crippen LogP contribution in [0.4, 0.5) is 0 Å². The van der Waals surface area contributed by atoms with Crippen LogP contribution >= 0.6 is 11.8 Å². The highest BCUT2D eigenvalue weighted by atomic mass is 32.2. The van der Waals surface area contributed by atoms with Gasteiger partial charge in [-0.1, -0.05) is 42.1 Å². The van der Waals surface area contributed by atoms with Gasteiger partial charge in [-0.25, -0.2) is 9.59 Å². The Morgan fingerprint density at radius 2 is 1.06 bits per heavy atom. The lowest BCUT2D eigenvalue weighted by molar-refractivity contribution is -0.936. The Balaban J connectivity index is 0.000000245. The second kappa shape index (κ2) is 12.8. The van der Waals surface area contributed by atoms with E-state index in [1.807, 2.05) is 0 Å². The Labute approximate surface area is 200 Å². The third-order valence-electron chi connectivity index (χ3n) is 5.81. The molecule has 174 valence electrons. The molecule has 0 atom stereocenters. The fourth-order valence-corrected chi connectivity index (χ4v) is 4.26. The summed E-state index contributed by atoms with van der Waals surface area (Å²) in [4.78, 5) is 23.2. The highest BCUT2D eigenvalue weighted by Crippen LogP contribution is 2.28. The Bertz CT molecular complexity index is 950. The fraction of sp³-hybridized carbons (Fsp3) is 0.259. The van der Waals surface area contributed by atoms with Crippen LogP contribution in [-0.2, 0) is 6.54 Å². The van der Waals surface area contributed by atoms with Crippen molar-refractivity contribution in [2.75, 3.05) is 19.6 Å². The highest BCUT2D eigenvalue weighted by molar-refractivity contribution is 7.99. The normalized spacial score (nSPS) is 10.8. The second-order valence-corrected chi connectivity index (χ2v) is 8.84. The van der Waals surface area contributed by atoms with Gasteiger partial charge in [0.25, 0.3) is 0 Å². The SMILES string of the molecule is CC[N+](CC)(CC)Cc1ccccc1.O=C(O)c1ccc(Sc2ccc(C(=O)O)cc2)cc1. The molecule has 0 spiro atoms. The molecular weight excluding hydrogens is 434 g/mol. The molecule has 5 nitrogen and oxygen atoms in total. The molecule has 0 aliphatic rings. The van der Waals surface area contributed by atoms with E-state index in [9.17, 15) is 9.59 Å². The summed E-state index contributed by atoms with van der Waals surface area (Å²) in [6.45, 7) is 11.7. The van der Waals surface area contributed by atoms with E-state index in [0.717, 1.165) is 9.79 Å². The summed E-state index contributed by atoms with van der Waals surface area (Å²) in [5.41, 5.74) is 1.94. The van der Waals surface area contributed by atoms with Gasteiger partial charge in [-0.15, -0.1) is 0 Å². The van der Waals surface area contributed by atoms with E-state index in [2.05, 4.69) is 51.1 Å². The molecule has 0 aromatic heterocycles. The number of aromatic carboxylic acids is 2. The molecule has 0 aliphatic carbocycles. The predicted molar refractivity (Wildman–Crippen MR) is 133 cm³/mol. The molecular formula is C27H32NO4S+. The first-order chi connectivity index (χ1) is 15.8. The molecule has 0 unspecified atom stereocenters. The van der Waals surface area contributed by atoms with E-state index in [1.54, 1.807) is 24.3 Å². The zero-order chi connectivity index (χ0) is 24.3. The van der Waals surface area contributed by atoms with Crippen molar-refractivity contribution < 1.29 is 24.3 Å². The van der Waals surface area contributed by atoms with Gasteiger partial charge in [0.2, 0.25) is 0 Å². The van der Waals surface area contributed by atoms with Crippen LogP contribution in [0.25, 0.3) is 0 Å². The minimum Gasteiger partial charge on any atom is -0.478 e. The smallest absolute Gasteiger partial charge is 0.335 e. The quantitative estimate of drug-likeness (QED) is 0.362. The van der Waals surface area contributed by atoms with Crippen LogP contribution in [0, 0.1) is 0 Å². The minimum absolute atomic E-state index is 0.241. The molecule has 0 saturated heterocycles. The van der Waals surface area contributed by atoms with Crippen LogP contribution < -0.4 is 0 Å². The second-order valence-electron chi connectivity index (χ2n) is 7.70. The Kier molecular flexibility index (Phi) is 10.2. The van der Waals surface area contributed by atoms with Gasteiger partial charge in [-0.2, -0.15) is 0 Å². The van der Waals surface area contributed by atoms with E-state index in [4.69, 9.17) is 10.2 Å². The lowest BCUT2D eigenvalue weighted by Gasteiger charge is -2.35. The number of hydrogen-bond donors (Lipinski definition) is 2. The van der Waals surface area contributed by atoms with Crippen LogP contribution in [0.5, 0.6) is 0 Å². The molecule has 0 aliphatic heterocycles. The number of carbonyl (C=O) groups is 2. The van der Waals surface area contributed by atoms with Crippen molar-refractivity contribution in [2.24, 2.45) is 0 Å². The number of rotatable bonds is 9. The number of hydrogen-bond acceptors (Lipinski definition) is 3. The number of quaternary nitrogens is 1. The maximum absolute atomic E-state index is 10.7. The summed E-state index contributed by atoms with van der Waals surface area (Å²) >= 11 is 1.44. The lowest BCUT2D eigenvalue weighted by atomic mass is 10.2. The minimum atomic E-state index is -0.956. The number of benzene rings is 3. The monoisotopic (exact) mass is 466 g/mol. The zero-order valence-electron chi connectivity index (χ0n) is 19.4. The van der Waals surface area contributed by atoms with Gasteiger partial charge in [-0.3, -0.25) is 0 Å². The third kappa shape index (κ3) is 8.08. The van der Waals surface area contributed by atoms with Gasteiger partial charge in [-0.05, 0) is 69.3 Å². The van der Waals surface area contributed by atoms with Crippen LogP contribution in [0.3, 0.4) is 0 Å².